The summed E-state index contributed by atoms with van der Waals surface area (Å²) in [7, 11) is -4.52. The predicted molar refractivity (Wildman–Crippen MR) is 91.9 cm³/mol. The van der Waals surface area contributed by atoms with E-state index in [2.05, 4.69) is 37.9 Å². The highest BCUT2D eigenvalue weighted by atomic mass is 31.2. The van der Waals surface area contributed by atoms with Crippen LogP contribution in [0, 0.1) is 0 Å². The van der Waals surface area contributed by atoms with Crippen LogP contribution in [0.4, 0.5) is 5.69 Å². The summed E-state index contributed by atoms with van der Waals surface area (Å²) in [5, 5.41) is 3.35. The third-order valence-electron chi connectivity index (χ3n) is 4.29. The molecule has 1 aliphatic rings. The van der Waals surface area contributed by atoms with Gasteiger partial charge in [-0.3, -0.25) is 14.7 Å². The molecule has 1 atom stereocenters. The number of anilines is 1. The van der Waals surface area contributed by atoms with Gasteiger partial charge in [0.15, 0.2) is 0 Å². The molecular weight excluding hydrogens is 315 g/mol. The molecule has 1 aliphatic heterocycles. The summed E-state index contributed by atoms with van der Waals surface area (Å²) in [5.41, 5.74) is 2.09. The zero-order chi connectivity index (χ0) is 17.2. The third kappa shape index (κ3) is 4.95. The molecule has 0 saturated carbocycles. The van der Waals surface area contributed by atoms with E-state index in [1.807, 2.05) is 6.07 Å². The largest absolute Gasteiger partial charge is 0.524 e. The quantitative estimate of drug-likeness (QED) is 0.660. The second-order valence-electron chi connectivity index (χ2n) is 6.62. The molecule has 1 heterocycles. The lowest BCUT2D eigenvalue weighted by Crippen LogP contribution is -2.38. The molecule has 3 N–H and O–H groups in total. The molecular formula is C16H27N2O4P. The maximum absolute atomic E-state index is 11.0. The van der Waals surface area contributed by atoms with Gasteiger partial charge in [0.2, 0.25) is 0 Å². The van der Waals surface area contributed by atoms with Gasteiger partial charge in [0, 0.05) is 30.2 Å². The summed E-state index contributed by atoms with van der Waals surface area (Å²) in [5.74, 6) is 0.542. The molecule has 0 radical (unpaired) electrons. The molecule has 0 saturated heterocycles. The third-order valence-corrected chi connectivity index (χ3v) is 4.74. The molecule has 1 aromatic carbocycles. The van der Waals surface area contributed by atoms with Crippen molar-refractivity contribution in [1.82, 2.24) is 4.90 Å². The fourth-order valence-corrected chi connectivity index (χ4v) is 3.64. The van der Waals surface area contributed by atoms with E-state index in [1.54, 1.807) is 12.1 Å². The summed E-state index contributed by atoms with van der Waals surface area (Å²) in [4.78, 5) is 20.4. The van der Waals surface area contributed by atoms with Gasteiger partial charge in [-0.05, 0) is 64.4 Å². The van der Waals surface area contributed by atoms with Crippen LogP contribution in [0.3, 0.4) is 0 Å². The number of benzene rings is 1. The van der Waals surface area contributed by atoms with Crippen molar-refractivity contribution in [2.45, 2.75) is 52.1 Å². The molecule has 0 spiro atoms. The number of nitrogens with one attached hydrogen (secondary N) is 1. The highest BCUT2D eigenvalue weighted by Gasteiger charge is 2.25. The summed E-state index contributed by atoms with van der Waals surface area (Å²) in [6.07, 6.45) is 0.996. The van der Waals surface area contributed by atoms with Crippen LogP contribution in [-0.4, -0.2) is 39.9 Å². The van der Waals surface area contributed by atoms with Gasteiger partial charge in [0.05, 0.1) is 0 Å². The number of fused-ring (bicyclic) bond motifs is 1. The van der Waals surface area contributed by atoms with Crippen molar-refractivity contribution in [3.63, 3.8) is 0 Å². The zero-order valence-corrected chi connectivity index (χ0v) is 15.1. The Labute approximate surface area is 138 Å². The lowest BCUT2D eigenvalue weighted by molar-refractivity contribution is 0.169. The molecule has 1 aromatic rings. The van der Waals surface area contributed by atoms with Gasteiger partial charge in [-0.1, -0.05) is 0 Å². The summed E-state index contributed by atoms with van der Waals surface area (Å²) in [6.45, 7) is 10.6. The molecule has 0 aliphatic carbocycles. The minimum atomic E-state index is -4.52. The predicted octanol–water partition coefficient (Wildman–Crippen LogP) is 3.18. The minimum absolute atomic E-state index is 0.218. The molecule has 7 heteroatoms. The van der Waals surface area contributed by atoms with Crippen molar-refractivity contribution >= 4 is 13.5 Å². The highest BCUT2D eigenvalue weighted by molar-refractivity contribution is 7.46. The average Bonchev–Trinajstić information content (AvgIpc) is 2.79. The van der Waals surface area contributed by atoms with Gasteiger partial charge in [-0.25, -0.2) is 4.57 Å². The van der Waals surface area contributed by atoms with Crippen molar-refractivity contribution < 1.29 is 18.9 Å². The second-order valence-corrected chi connectivity index (χ2v) is 7.79. The van der Waals surface area contributed by atoms with Crippen LogP contribution in [-0.2, 0) is 4.57 Å². The van der Waals surface area contributed by atoms with E-state index in [4.69, 9.17) is 14.3 Å². The van der Waals surface area contributed by atoms with Gasteiger partial charge >= 0.3 is 7.82 Å². The summed E-state index contributed by atoms with van der Waals surface area (Å²) < 4.78 is 15.7. The first-order valence-electron chi connectivity index (χ1n) is 8.06. The van der Waals surface area contributed by atoms with E-state index in [1.165, 1.54) is 0 Å². The lowest BCUT2D eigenvalue weighted by atomic mass is 9.97. The highest BCUT2D eigenvalue weighted by Crippen LogP contribution is 2.42. The molecule has 6 nitrogen and oxygen atoms in total. The lowest BCUT2D eigenvalue weighted by Gasteiger charge is -2.31. The van der Waals surface area contributed by atoms with Crippen LogP contribution >= 0.6 is 7.82 Å². The Hall–Kier alpha value is -1.07. The molecule has 0 fully saturated rings. The number of nitrogens with zero attached hydrogens (tertiary/aromatic N) is 1. The number of hydrogen-bond donors (Lipinski definition) is 3. The van der Waals surface area contributed by atoms with E-state index in [0.717, 1.165) is 30.8 Å². The van der Waals surface area contributed by atoms with Gasteiger partial charge in [-0.15, -0.1) is 0 Å². The van der Waals surface area contributed by atoms with Crippen LogP contribution in [0.25, 0.3) is 0 Å². The Morgan fingerprint density at radius 3 is 2.52 bits per heavy atom. The minimum Gasteiger partial charge on any atom is -0.404 e. The van der Waals surface area contributed by atoms with Gasteiger partial charge in [0.1, 0.15) is 5.75 Å². The molecule has 0 aromatic heterocycles. The summed E-state index contributed by atoms with van der Waals surface area (Å²) in [6, 6.07) is 6.14. The fourth-order valence-electron chi connectivity index (χ4n) is 3.25. The maximum Gasteiger partial charge on any atom is 0.524 e. The first kappa shape index (κ1) is 18.3. The first-order chi connectivity index (χ1) is 10.7. The fraction of sp³-hybridized carbons (Fsp3) is 0.625. The van der Waals surface area contributed by atoms with E-state index in [-0.39, 0.29) is 5.75 Å². The van der Waals surface area contributed by atoms with Crippen LogP contribution < -0.4 is 9.84 Å². The normalized spacial score (nSPS) is 17.7. The van der Waals surface area contributed by atoms with Gasteiger partial charge in [0.25, 0.3) is 0 Å². The van der Waals surface area contributed by atoms with Gasteiger partial charge in [-0.2, -0.15) is 0 Å². The van der Waals surface area contributed by atoms with Gasteiger partial charge < -0.3 is 9.84 Å². The van der Waals surface area contributed by atoms with E-state index in [0.29, 0.717) is 18.0 Å². The maximum atomic E-state index is 11.0. The number of rotatable bonds is 7. The first-order valence-corrected chi connectivity index (χ1v) is 9.59. The zero-order valence-electron chi connectivity index (χ0n) is 14.2. The Morgan fingerprint density at radius 2 is 1.96 bits per heavy atom. The number of phosphoric ester groups is 1. The average molecular weight is 342 g/mol. The Bertz CT molecular complexity index is 577. The van der Waals surface area contributed by atoms with E-state index >= 15 is 0 Å². The molecule has 23 heavy (non-hydrogen) atoms. The van der Waals surface area contributed by atoms with Crippen LogP contribution in [0.15, 0.2) is 18.2 Å². The molecule has 130 valence electrons. The van der Waals surface area contributed by atoms with Crippen molar-refractivity contribution in [1.29, 1.82) is 0 Å². The smallest absolute Gasteiger partial charge is 0.404 e. The topological polar surface area (TPSA) is 82.0 Å². The Balaban J connectivity index is 2.08. The number of hydrogen-bond acceptors (Lipinski definition) is 4. The van der Waals surface area contributed by atoms with Crippen molar-refractivity contribution in [2.24, 2.45) is 0 Å². The Morgan fingerprint density at radius 1 is 1.30 bits per heavy atom. The molecule has 0 bridgehead atoms. The second kappa shape index (κ2) is 7.22. The molecule has 2 rings (SSSR count). The molecule has 0 amide bonds. The van der Waals surface area contributed by atoms with Crippen molar-refractivity contribution in [2.75, 3.05) is 18.4 Å². The van der Waals surface area contributed by atoms with E-state index < -0.39 is 7.82 Å². The van der Waals surface area contributed by atoms with E-state index in [9.17, 15) is 4.57 Å². The van der Waals surface area contributed by atoms with Crippen molar-refractivity contribution in [3.05, 3.63) is 23.8 Å². The Kier molecular flexibility index (Phi) is 5.74. The van der Waals surface area contributed by atoms with Crippen LogP contribution in [0.1, 0.15) is 45.6 Å². The van der Waals surface area contributed by atoms with Crippen LogP contribution in [0.5, 0.6) is 5.75 Å². The number of phosphoric acid groups is 1. The van der Waals surface area contributed by atoms with Crippen molar-refractivity contribution in [3.8, 4) is 5.75 Å². The standard InChI is InChI=1S/C16H27N2O4P/c1-11(2)18(12(3)4)8-7-13-10-17-16-6-5-14(9-15(13)16)22-23(19,20)21/h5-6,9,11-13,17H,7-8,10H2,1-4H3,(H2,19,20,21). The van der Waals surface area contributed by atoms with Crippen LogP contribution in [0.2, 0.25) is 0 Å². The summed E-state index contributed by atoms with van der Waals surface area (Å²) >= 11 is 0. The molecule has 1 unspecified atom stereocenters. The SMILES string of the molecule is CC(C)N(CCC1CNc2ccc(OP(=O)(O)O)cc21)C(C)C. The monoisotopic (exact) mass is 342 g/mol.